The highest BCUT2D eigenvalue weighted by Gasteiger charge is 2.21. The van der Waals surface area contributed by atoms with Gasteiger partial charge in [0.05, 0.1) is 13.0 Å². The van der Waals surface area contributed by atoms with Gasteiger partial charge < -0.3 is 15.0 Å². The highest BCUT2D eigenvalue weighted by atomic mass is 16.5. The second kappa shape index (κ2) is 9.53. The average molecular weight is 292 g/mol. The van der Waals surface area contributed by atoms with E-state index >= 15 is 0 Å². The molecule has 2 unspecified atom stereocenters. The predicted molar refractivity (Wildman–Crippen MR) is 86.5 cm³/mol. The summed E-state index contributed by atoms with van der Waals surface area (Å²) < 4.78 is 4.93. The van der Waals surface area contributed by atoms with Gasteiger partial charge in [0.15, 0.2) is 0 Å². The molecule has 0 radical (unpaired) electrons. The third kappa shape index (κ3) is 5.86. The molecule has 118 valence electrons. The van der Waals surface area contributed by atoms with Gasteiger partial charge in [-0.25, -0.2) is 0 Å². The Morgan fingerprint density at radius 2 is 1.86 bits per heavy atom. The molecule has 1 aromatic rings. The zero-order chi connectivity index (χ0) is 15.7. The summed E-state index contributed by atoms with van der Waals surface area (Å²) in [5, 5.41) is 3.45. The summed E-state index contributed by atoms with van der Waals surface area (Å²) in [5.74, 6) is -0.445. The molecule has 0 aliphatic carbocycles. The zero-order valence-corrected chi connectivity index (χ0v) is 13.6. The topological polar surface area (TPSA) is 41.6 Å². The van der Waals surface area contributed by atoms with Crippen molar-refractivity contribution in [1.82, 2.24) is 10.2 Å². The molecule has 21 heavy (non-hydrogen) atoms. The van der Waals surface area contributed by atoms with E-state index in [4.69, 9.17) is 4.74 Å². The molecule has 0 saturated heterocycles. The molecule has 2 atom stereocenters. The summed E-state index contributed by atoms with van der Waals surface area (Å²) in [6.45, 7) is 10.1. The first-order valence-electron chi connectivity index (χ1n) is 7.70. The molecule has 4 nitrogen and oxygen atoms in total. The maximum atomic E-state index is 12.0. The van der Waals surface area contributed by atoms with Gasteiger partial charge in [0.1, 0.15) is 0 Å². The lowest BCUT2D eigenvalue weighted by atomic mass is 9.99. The van der Waals surface area contributed by atoms with Crippen molar-refractivity contribution in [3.05, 3.63) is 35.9 Å². The summed E-state index contributed by atoms with van der Waals surface area (Å²) in [4.78, 5) is 14.4. The first-order valence-corrected chi connectivity index (χ1v) is 7.70. The summed E-state index contributed by atoms with van der Waals surface area (Å²) >= 11 is 0. The average Bonchev–Trinajstić information content (AvgIpc) is 2.53. The molecule has 1 rings (SSSR count). The lowest BCUT2D eigenvalue weighted by molar-refractivity contribution is -0.142. The van der Waals surface area contributed by atoms with Crippen molar-refractivity contribution in [3.63, 3.8) is 0 Å². The van der Waals surface area contributed by atoms with Gasteiger partial charge in [0.25, 0.3) is 0 Å². The third-order valence-corrected chi connectivity index (χ3v) is 3.78. The van der Waals surface area contributed by atoms with E-state index in [-0.39, 0.29) is 11.9 Å². The molecule has 0 heterocycles. The highest BCUT2D eigenvalue weighted by Crippen LogP contribution is 2.16. The second-order valence-electron chi connectivity index (χ2n) is 5.28. The van der Waals surface area contributed by atoms with E-state index in [2.05, 4.69) is 31.0 Å². The molecule has 0 amide bonds. The number of esters is 1. The maximum absolute atomic E-state index is 12.0. The normalized spacial score (nSPS) is 14.0. The fourth-order valence-electron chi connectivity index (χ4n) is 2.42. The van der Waals surface area contributed by atoms with Crippen LogP contribution in [0.25, 0.3) is 0 Å². The van der Waals surface area contributed by atoms with Gasteiger partial charge in [-0.1, -0.05) is 44.2 Å². The largest absolute Gasteiger partial charge is 0.469 e. The Hall–Kier alpha value is -1.39. The summed E-state index contributed by atoms with van der Waals surface area (Å²) in [7, 11) is 1.44. The third-order valence-electron chi connectivity index (χ3n) is 3.78. The molecule has 0 saturated carbocycles. The van der Waals surface area contributed by atoms with Gasteiger partial charge in [0.2, 0.25) is 0 Å². The molecule has 0 aromatic heterocycles. The van der Waals surface area contributed by atoms with Crippen LogP contribution in [-0.2, 0) is 9.53 Å². The minimum atomic E-state index is -0.254. The SMILES string of the molecule is CCN(CC)CC(C)NCC(C(=O)OC)c1ccccc1. The van der Waals surface area contributed by atoms with Crippen LogP contribution in [0.2, 0.25) is 0 Å². The van der Waals surface area contributed by atoms with E-state index in [0.717, 1.165) is 25.2 Å². The van der Waals surface area contributed by atoms with Gasteiger partial charge in [-0.3, -0.25) is 4.79 Å². The standard InChI is InChI=1S/C17H28N2O2/c1-5-19(6-2)13-14(3)18-12-16(17(20)21-4)15-10-8-7-9-11-15/h7-11,14,16,18H,5-6,12-13H2,1-4H3. The number of methoxy groups -OCH3 is 1. The van der Waals surface area contributed by atoms with Crippen molar-refractivity contribution in [1.29, 1.82) is 0 Å². The van der Waals surface area contributed by atoms with Crippen LogP contribution < -0.4 is 5.32 Å². The molecule has 4 heteroatoms. The Morgan fingerprint density at radius 1 is 1.24 bits per heavy atom. The Morgan fingerprint density at radius 3 is 2.38 bits per heavy atom. The van der Waals surface area contributed by atoms with Crippen molar-refractivity contribution in [2.24, 2.45) is 0 Å². The molecule has 0 spiro atoms. The van der Waals surface area contributed by atoms with Crippen LogP contribution in [0.4, 0.5) is 0 Å². The number of carbonyl (C=O) groups is 1. The summed E-state index contributed by atoms with van der Waals surface area (Å²) in [5.41, 5.74) is 0.992. The minimum Gasteiger partial charge on any atom is -0.469 e. The minimum absolute atomic E-state index is 0.191. The lowest BCUT2D eigenvalue weighted by Crippen LogP contribution is -2.41. The first kappa shape index (κ1) is 17.7. The Bertz CT molecular complexity index is 405. The number of nitrogens with zero attached hydrogens (tertiary/aromatic N) is 1. The molecule has 0 aliphatic heterocycles. The van der Waals surface area contributed by atoms with Crippen molar-refractivity contribution in [3.8, 4) is 0 Å². The lowest BCUT2D eigenvalue weighted by Gasteiger charge is -2.25. The highest BCUT2D eigenvalue weighted by molar-refractivity contribution is 5.78. The van der Waals surface area contributed by atoms with Crippen molar-refractivity contribution >= 4 is 5.97 Å². The molecule has 1 N–H and O–H groups in total. The quantitative estimate of drug-likeness (QED) is 0.709. The molecular weight excluding hydrogens is 264 g/mol. The predicted octanol–water partition coefficient (Wildman–Crippen LogP) is 2.26. The van der Waals surface area contributed by atoms with E-state index in [1.165, 1.54) is 7.11 Å². The Kier molecular flexibility index (Phi) is 8.01. The molecule has 0 fully saturated rings. The van der Waals surface area contributed by atoms with Gasteiger partial charge in [-0.2, -0.15) is 0 Å². The monoisotopic (exact) mass is 292 g/mol. The van der Waals surface area contributed by atoms with Crippen molar-refractivity contribution in [2.75, 3.05) is 33.3 Å². The summed E-state index contributed by atoms with van der Waals surface area (Å²) in [6, 6.07) is 10.1. The van der Waals surface area contributed by atoms with Crippen molar-refractivity contribution in [2.45, 2.75) is 32.7 Å². The fourth-order valence-corrected chi connectivity index (χ4v) is 2.42. The number of carbonyl (C=O) groups excluding carboxylic acids is 1. The van der Waals surface area contributed by atoms with Gasteiger partial charge in [-0.05, 0) is 25.6 Å². The van der Waals surface area contributed by atoms with E-state index < -0.39 is 0 Å². The number of hydrogen-bond donors (Lipinski definition) is 1. The van der Waals surface area contributed by atoms with E-state index in [1.807, 2.05) is 30.3 Å². The number of likely N-dealkylation sites (N-methyl/N-ethyl adjacent to an activating group) is 1. The first-order chi connectivity index (χ1) is 10.1. The van der Waals surface area contributed by atoms with Crippen LogP contribution in [0, 0.1) is 0 Å². The van der Waals surface area contributed by atoms with Crippen molar-refractivity contribution < 1.29 is 9.53 Å². The Balaban J connectivity index is 2.60. The van der Waals surface area contributed by atoms with Crippen LogP contribution >= 0.6 is 0 Å². The molecule has 0 bridgehead atoms. The molecule has 0 aliphatic rings. The number of hydrogen-bond acceptors (Lipinski definition) is 4. The van der Waals surface area contributed by atoms with Gasteiger partial charge >= 0.3 is 5.97 Å². The van der Waals surface area contributed by atoms with E-state index in [0.29, 0.717) is 12.6 Å². The van der Waals surface area contributed by atoms with Gasteiger partial charge in [-0.15, -0.1) is 0 Å². The van der Waals surface area contributed by atoms with E-state index in [1.54, 1.807) is 0 Å². The second-order valence-corrected chi connectivity index (χ2v) is 5.28. The van der Waals surface area contributed by atoms with Crippen LogP contribution in [0.3, 0.4) is 0 Å². The number of nitrogens with one attached hydrogen (secondary N) is 1. The van der Waals surface area contributed by atoms with Crippen LogP contribution in [0.1, 0.15) is 32.3 Å². The zero-order valence-electron chi connectivity index (χ0n) is 13.6. The number of rotatable bonds is 9. The van der Waals surface area contributed by atoms with Crippen LogP contribution in [0.15, 0.2) is 30.3 Å². The van der Waals surface area contributed by atoms with Gasteiger partial charge in [0, 0.05) is 19.1 Å². The maximum Gasteiger partial charge on any atom is 0.314 e. The molecular formula is C17H28N2O2. The van der Waals surface area contributed by atoms with Crippen LogP contribution in [-0.4, -0.2) is 50.2 Å². The van der Waals surface area contributed by atoms with E-state index in [9.17, 15) is 4.79 Å². The molecule has 1 aromatic carbocycles. The fraction of sp³-hybridized carbons (Fsp3) is 0.588. The smallest absolute Gasteiger partial charge is 0.314 e. The van der Waals surface area contributed by atoms with Crippen LogP contribution in [0.5, 0.6) is 0 Å². The number of benzene rings is 1. The Labute approximate surface area is 128 Å². The summed E-state index contributed by atoms with van der Waals surface area (Å²) in [6.07, 6.45) is 0. The number of ether oxygens (including phenoxy) is 1.